The Labute approximate surface area is 302 Å². The number of halogens is 2. The summed E-state index contributed by atoms with van der Waals surface area (Å²) in [5.74, 6) is -0.159. The van der Waals surface area contributed by atoms with Crippen molar-refractivity contribution in [1.29, 1.82) is 0 Å². The zero-order valence-corrected chi connectivity index (χ0v) is 30.6. The normalized spacial score (nSPS) is 20.6. The summed E-state index contributed by atoms with van der Waals surface area (Å²) in [6, 6.07) is 11.8. The van der Waals surface area contributed by atoms with Gasteiger partial charge in [0.25, 0.3) is 0 Å². The Kier molecular flexibility index (Phi) is 11.5. The maximum Gasteiger partial charge on any atom is 0.322 e. The van der Waals surface area contributed by atoms with E-state index in [1.165, 1.54) is 0 Å². The van der Waals surface area contributed by atoms with Crippen molar-refractivity contribution in [2.24, 2.45) is 17.8 Å². The van der Waals surface area contributed by atoms with E-state index in [-0.39, 0.29) is 36.9 Å². The number of likely N-dealkylation sites (tertiary alicyclic amines) is 3. The number of aliphatic carboxylic acids is 1. The molecule has 0 aliphatic carbocycles. The van der Waals surface area contributed by atoms with Crippen molar-refractivity contribution in [3.05, 3.63) is 62.6 Å². The van der Waals surface area contributed by atoms with Crippen LogP contribution in [0.3, 0.4) is 0 Å². The summed E-state index contributed by atoms with van der Waals surface area (Å²) in [6.07, 6.45) is 5.86. The summed E-state index contributed by atoms with van der Waals surface area (Å²) in [6.45, 7) is 6.70. The van der Waals surface area contributed by atoms with E-state index in [0.717, 1.165) is 65.6 Å². The van der Waals surface area contributed by atoms with Gasteiger partial charge in [-0.15, -0.1) is 0 Å². The number of anilines is 1. The predicted octanol–water partition coefficient (Wildman–Crippen LogP) is 6.03. The molecule has 4 heterocycles. The molecule has 6 rings (SSSR count). The summed E-state index contributed by atoms with van der Waals surface area (Å²) in [5.41, 5.74) is 3.84. The smallest absolute Gasteiger partial charge is 0.322 e. The number of hydrogen-bond donors (Lipinski definition) is 2. The molecule has 4 amide bonds. The van der Waals surface area contributed by atoms with Gasteiger partial charge >= 0.3 is 12.0 Å². The molecule has 0 spiro atoms. The molecule has 3 fully saturated rings. The number of nitrogens with one attached hydrogen (secondary N) is 1. The van der Waals surface area contributed by atoms with Crippen LogP contribution in [0.25, 0.3) is 0 Å². The highest BCUT2D eigenvalue weighted by molar-refractivity contribution is 9.10. The Balaban J connectivity index is 1.07. The fourth-order valence-corrected chi connectivity index (χ4v) is 9.07. The van der Waals surface area contributed by atoms with Crippen LogP contribution in [0.2, 0.25) is 5.02 Å². The highest BCUT2D eigenvalue weighted by Gasteiger charge is 2.36. The van der Waals surface area contributed by atoms with Gasteiger partial charge in [-0.25, -0.2) is 4.79 Å². The number of hydrogen-bond acceptors (Lipinski definition) is 5. The standard InChI is InChI=1S/C37H47BrClN5O5/c1-24-18-25(20-31(38)35(24)39)19-29(36(48)43-14-8-27(9-15-43)26-6-12-41(13-7-26)23-34(46)47)21-33(45)42-16-10-30(11-17-42)44-22-28-4-2-3-5-32(28)40-37(44)49/h2-5,18,20,26-27,29-30H,6-17,19,21-23H2,1H3,(H,40,49)(H,46,47). The van der Waals surface area contributed by atoms with Gasteiger partial charge in [-0.3, -0.25) is 19.3 Å². The molecule has 2 N–H and O–H groups in total. The number of benzene rings is 2. The highest BCUT2D eigenvalue weighted by atomic mass is 79.9. The van der Waals surface area contributed by atoms with Crippen LogP contribution in [-0.4, -0.2) is 100 Å². The summed E-state index contributed by atoms with van der Waals surface area (Å²) >= 11 is 9.98. The molecule has 3 saturated heterocycles. The van der Waals surface area contributed by atoms with Gasteiger partial charge in [0.2, 0.25) is 11.8 Å². The number of urea groups is 1. The first-order chi connectivity index (χ1) is 23.5. The monoisotopic (exact) mass is 755 g/mol. The minimum absolute atomic E-state index is 0.0157. The molecule has 10 nitrogen and oxygen atoms in total. The zero-order valence-electron chi connectivity index (χ0n) is 28.2. The van der Waals surface area contributed by atoms with E-state index in [1.807, 2.05) is 62.9 Å². The lowest BCUT2D eigenvalue weighted by molar-refractivity contribution is -0.143. The Morgan fingerprint density at radius 2 is 1.57 bits per heavy atom. The molecule has 0 bridgehead atoms. The summed E-state index contributed by atoms with van der Waals surface area (Å²) < 4.78 is 0.781. The number of carboxylic acid groups (broad SMARTS) is 1. The minimum atomic E-state index is -0.776. The van der Waals surface area contributed by atoms with Crippen molar-refractivity contribution in [1.82, 2.24) is 19.6 Å². The van der Waals surface area contributed by atoms with Crippen molar-refractivity contribution < 1.29 is 24.3 Å². The topological polar surface area (TPSA) is 113 Å². The maximum atomic E-state index is 14.2. The fraction of sp³-hybridized carbons (Fsp3) is 0.568. The van der Waals surface area contributed by atoms with Gasteiger partial charge in [0.1, 0.15) is 0 Å². The lowest BCUT2D eigenvalue weighted by atomic mass is 9.78. The van der Waals surface area contributed by atoms with E-state index >= 15 is 0 Å². The van der Waals surface area contributed by atoms with E-state index in [0.29, 0.717) is 68.8 Å². The Morgan fingerprint density at radius 3 is 2.22 bits per heavy atom. The first kappa shape index (κ1) is 35.7. The number of rotatable bonds is 9. The van der Waals surface area contributed by atoms with Crippen molar-refractivity contribution in [3.63, 3.8) is 0 Å². The first-order valence-corrected chi connectivity index (χ1v) is 18.8. The highest BCUT2D eigenvalue weighted by Crippen LogP contribution is 2.35. The van der Waals surface area contributed by atoms with Crippen molar-refractivity contribution in [2.75, 3.05) is 51.1 Å². The third-order valence-electron chi connectivity index (χ3n) is 11.1. The third-order valence-corrected chi connectivity index (χ3v) is 12.5. The summed E-state index contributed by atoms with van der Waals surface area (Å²) in [4.78, 5) is 59.8. The van der Waals surface area contributed by atoms with Gasteiger partial charge < -0.3 is 25.1 Å². The largest absolute Gasteiger partial charge is 0.480 e. The lowest BCUT2D eigenvalue weighted by Crippen LogP contribution is -2.51. The van der Waals surface area contributed by atoms with E-state index in [1.54, 1.807) is 0 Å². The van der Waals surface area contributed by atoms with E-state index < -0.39 is 11.9 Å². The zero-order chi connectivity index (χ0) is 34.7. The molecule has 0 radical (unpaired) electrons. The molecule has 4 aliphatic heterocycles. The second-order valence-corrected chi connectivity index (χ2v) is 15.5. The maximum absolute atomic E-state index is 14.2. The van der Waals surface area contributed by atoms with Crippen LogP contribution >= 0.6 is 27.5 Å². The van der Waals surface area contributed by atoms with Crippen LogP contribution in [0.15, 0.2) is 40.9 Å². The number of fused-ring (bicyclic) bond motifs is 1. The number of carboxylic acids is 1. The van der Waals surface area contributed by atoms with Gasteiger partial charge in [-0.1, -0.05) is 35.9 Å². The minimum Gasteiger partial charge on any atom is -0.480 e. The average molecular weight is 757 g/mol. The molecule has 12 heteroatoms. The van der Waals surface area contributed by atoms with Crippen LogP contribution in [0.1, 0.15) is 61.6 Å². The molecule has 49 heavy (non-hydrogen) atoms. The molecular weight excluding hydrogens is 710 g/mol. The van der Waals surface area contributed by atoms with Gasteiger partial charge in [0.15, 0.2) is 0 Å². The van der Waals surface area contributed by atoms with Crippen LogP contribution in [-0.2, 0) is 27.3 Å². The number of aryl methyl sites for hydroxylation is 1. The predicted molar refractivity (Wildman–Crippen MR) is 192 cm³/mol. The van der Waals surface area contributed by atoms with Gasteiger partial charge in [0.05, 0.1) is 17.5 Å². The Hall–Kier alpha value is -3.15. The molecule has 1 unspecified atom stereocenters. The van der Waals surface area contributed by atoms with Crippen molar-refractivity contribution in [3.8, 4) is 0 Å². The van der Waals surface area contributed by atoms with E-state index in [4.69, 9.17) is 16.7 Å². The van der Waals surface area contributed by atoms with Crippen LogP contribution in [0.5, 0.6) is 0 Å². The second kappa shape index (κ2) is 15.8. The van der Waals surface area contributed by atoms with Gasteiger partial charge in [-0.2, -0.15) is 0 Å². The number of para-hydroxylation sites is 1. The number of carbonyl (C=O) groups excluding carboxylic acids is 3. The quantitative estimate of drug-likeness (QED) is 0.323. The first-order valence-electron chi connectivity index (χ1n) is 17.7. The van der Waals surface area contributed by atoms with Crippen molar-refractivity contribution >= 4 is 57.0 Å². The molecule has 4 aliphatic rings. The Morgan fingerprint density at radius 1 is 0.939 bits per heavy atom. The van der Waals surface area contributed by atoms with E-state index in [2.05, 4.69) is 21.2 Å². The van der Waals surface area contributed by atoms with E-state index in [9.17, 15) is 19.2 Å². The molecule has 1 atom stereocenters. The number of amides is 4. The molecular formula is C37H47BrClN5O5. The Bertz CT molecular complexity index is 1530. The molecule has 0 aromatic heterocycles. The molecule has 2 aromatic carbocycles. The summed E-state index contributed by atoms with van der Waals surface area (Å²) in [7, 11) is 0. The fourth-order valence-electron chi connectivity index (χ4n) is 8.35. The molecule has 264 valence electrons. The third kappa shape index (κ3) is 8.60. The van der Waals surface area contributed by atoms with Crippen LogP contribution < -0.4 is 5.32 Å². The molecule has 2 aromatic rings. The number of piperidine rings is 3. The molecule has 0 saturated carbocycles. The summed E-state index contributed by atoms with van der Waals surface area (Å²) in [5, 5.41) is 12.8. The van der Waals surface area contributed by atoms with Gasteiger partial charge in [0, 0.05) is 55.3 Å². The van der Waals surface area contributed by atoms with Gasteiger partial charge in [-0.05, 0) is 122 Å². The average Bonchev–Trinajstić information content (AvgIpc) is 3.10. The lowest BCUT2D eigenvalue weighted by Gasteiger charge is -2.41. The van der Waals surface area contributed by atoms with Crippen molar-refractivity contribution in [2.45, 2.75) is 70.9 Å². The number of nitrogens with zero attached hydrogens (tertiary/aromatic N) is 4. The van der Waals surface area contributed by atoms with Crippen LogP contribution in [0, 0.1) is 24.7 Å². The SMILES string of the molecule is Cc1cc(CC(CC(=O)N2CCC(N3Cc4ccccc4NC3=O)CC2)C(=O)N2CCC(C3CCN(CC(=O)O)CC3)CC2)cc(Br)c1Cl. The second-order valence-electron chi connectivity index (χ2n) is 14.3. The van der Waals surface area contributed by atoms with Crippen LogP contribution in [0.4, 0.5) is 10.5 Å². The number of carbonyl (C=O) groups is 4.